The number of ether oxygens (including phenoxy) is 4. The van der Waals surface area contributed by atoms with Gasteiger partial charge in [0, 0.05) is 6.42 Å². The number of methoxy groups -OCH3 is 3. The van der Waals surface area contributed by atoms with Crippen molar-refractivity contribution in [3.63, 3.8) is 0 Å². The number of nitriles is 1. The Kier molecular flexibility index (Phi) is 4.89. The zero-order valence-corrected chi connectivity index (χ0v) is 12.7. The Balaban J connectivity index is 2.34. The molecule has 0 aromatic heterocycles. The predicted octanol–water partition coefficient (Wildman–Crippen LogP) is 2.33. The maximum absolute atomic E-state index is 11.9. The second-order valence-electron chi connectivity index (χ2n) is 4.71. The maximum atomic E-state index is 11.9. The molecule has 0 spiro atoms. The molecule has 0 radical (unpaired) electrons. The Morgan fingerprint density at radius 3 is 2.41 bits per heavy atom. The average molecular weight is 303 g/mol. The van der Waals surface area contributed by atoms with E-state index >= 15 is 0 Å². The summed E-state index contributed by atoms with van der Waals surface area (Å²) >= 11 is 0. The van der Waals surface area contributed by atoms with E-state index in [-0.39, 0.29) is 11.5 Å². The fraction of sp³-hybridized carbons (Fsp3) is 0.375. The van der Waals surface area contributed by atoms with Crippen molar-refractivity contribution < 1.29 is 23.7 Å². The van der Waals surface area contributed by atoms with Gasteiger partial charge in [-0.3, -0.25) is 4.79 Å². The van der Waals surface area contributed by atoms with Crippen molar-refractivity contribution in [2.45, 2.75) is 12.5 Å². The van der Waals surface area contributed by atoms with Gasteiger partial charge in [-0.1, -0.05) is 12.1 Å². The molecule has 0 saturated carbocycles. The lowest BCUT2D eigenvalue weighted by Crippen LogP contribution is -2.27. The van der Waals surface area contributed by atoms with Gasteiger partial charge in [-0.05, 0) is 17.7 Å². The molecule has 0 fully saturated rings. The Morgan fingerprint density at radius 2 is 1.91 bits per heavy atom. The summed E-state index contributed by atoms with van der Waals surface area (Å²) in [7, 11) is 4.28. The number of nitrogens with zero attached hydrogens (tertiary/aromatic N) is 1. The lowest BCUT2D eigenvalue weighted by atomic mass is 9.89. The quantitative estimate of drug-likeness (QED) is 0.794. The molecule has 6 heteroatoms. The highest BCUT2D eigenvalue weighted by molar-refractivity contribution is 5.77. The summed E-state index contributed by atoms with van der Waals surface area (Å²) < 4.78 is 20.7. The van der Waals surface area contributed by atoms with E-state index < -0.39 is 18.0 Å². The Morgan fingerprint density at radius 1 is 1.23 bits per heavy atom. The van der Waals surface area contributed by atoms with Crippen LogP contribution in [0.1, 0.15) is 18.1 Å². The number of benzene rings is 1. The first-order valence-electron chi connectivity index (χ1n) is 6.71. The predicted molar refractivity (Wildman–Crippen MR) is 76.6 cm³/mol. The summed E-state index contributed by atoms with van der Waals surface area (Å²) in [6.45, 7) is 0. The second-order valence-corrected chi connectivity index (χ2v) is 4.71. The molecule has 2 rings (SSSR count). The van der Waals surface area contributed by atoms with Crippen molar-refractivity contribution in [3.8, 4) is 11.8 Å². The largest absolute Gasteiger partial charge is 0.497 e. The number of carbonyl (C=O) groups excluding carboxylic acids is 1. The maximum Gasteiger partial charge on any atom is 0.314 e. The summed E-state index contributed by atoms with van der Waals surface area (Å²) in [5, 5.41) is 9.24. The molecule has 116 valence electrons. The molecule has 0 bridgehead atoms. The zero-order chi connectivity index (χ0) is 16.1. The minimum atomic E-state index is -0.703. The zero-order valence-electron chi connectivity index (χ0n) is 12.7. The summed E-state index contributed by atoms with van der Waals surface area (Å²) in [5.41, 5.74) is 1.01. The van der Waals surface area contributed by atoms with Crippen LogP contribution >= 0.6 is 0 Å². The Bertz CT molecular complexity index is 614. The third kappa shape index (κ3) is 2.98. The third-order valence-corrected chi connectivity index (χ3v) is 3.55. The van der Waals surface area contributed by atoms with E-state index in [0.29, 0.717) is 6.42 Å². The summed E-state index contributed by atoms with van der Waals surface area (Å²) in [4.78, 5) is 11.9. The molecule has 0 amide bonds. The van der Waals surface area contributed by atoms with Crippen molar-refractivity contribution in [2.75, 3.05) is 21.3 Å². The van der Waals surface area contributed by atoms with Crippen LogP contribution in [0.25, 0.3) is 0 Å². The second kappa shape index (κ2) is 6.85. The minimum absolute atomic E-state index is 0.0602. The van der Waals surface area contributed by atoms with Crippen LogP contribution in [-0.2, 0) is 19.0 Å². The van der Waals surface area contributed by atoms with Gasteiger partial charge in [0.05, 0.1) is 21.3 Å². The number of esters is 1. The van der Waals surface area contributed by atoms with E-state index in [1.165, 1.54) is 14.2 Å². The van der Waals surface area contributed by atoms with Crippen LogP contribution in [0.4, 0.5) is 0 Å². The van der Waals surface area contributed by atoms with Crippen LogP contribution < -0.4 is 4.74 Å². The number of hydrogen-bond donors (Lipinski definition) is 0. The highest BCUT2D eigenvalue weighted by Gasteiger charge is 2.37. The topological polar surface area (TPSA) is 77.8 Å². The van der Waals surface area contributed by atoms with Crippen LogP contribution in [0.5, 0.6) is 5.75 Å². The van der Waals surface area contributed by atoms with E-state index in [1.54, 1.807) is 7.11 Å². The molecule has 1 aliphatic heterocycles. The average Bonchev–Trinajstić information content (AvgIpc) is 2.59. The van der Waals surface area contributed by atoms with E-state index in [2.05, 4.69) is 0 Å². The van der Waals surface area contributed by atoms with Crippen LogP contribution in [0.15, 0.2) is 35.8 Å². The van der Waals surface area contributed by atoms with Gasteiger partial charge in [0.1, 0.15) is 29.4 Å². The van der Waals surface area contributed by atoms with Gasteiger partial charge in [0.15, 0.2) is 0 Å². The van der Waals surface area contributed by atoms with Crippen molar-refractivity contribution in [1.82, 2.24) is 0 Å². The van der Waals surface area contributed by atoms with Crippen molar-refractivity contribution >= 4 is 5.97 Å². The van der Waals surface area contributed by atoms with Crippen LogP contribution in [0.3, 0.4) is 0 Å². The first-order chi connectivity index (χ1) is 10.6. The van der Waals surface area contributed by atoms with Crippen LogP contribution in [0, 0.1) is 17.2 Å². The van der Waals surface area contributed by atoms with Gasteiger partial charge in [-0.25, -0.2) is 0 Å². The van der Waals surface area contributed by atoms with E-state index in [0.717, 1.165) is 11.3 Å². The first-order valence-corrected chi connectivity index (χ1v) is 6.71. The van der Waals surface area contributed by atoms with Crippen molar-refractivity contribution in [2.24, 2.45) is 5.92 Å². The van der Waals surface area contributed by atoms with Gasteiger partial charge in [-0.15, -0.1) is 0 Å². The first kappa shape index (κ1) is 15.7. The molecule has 2 unspecified atom stereocenters. The number of hydrogen-bond acceptors (Lipinski definition) is 6. The fourth-order valence-electron chi connectivity index (χ4n) is 2.38. The lowest BCUT2D eigenvalue weighted by molar-refractivity contribution is -0.147. The fourth-order valence-corrected chi connectivity index (χ4v) is 2.38. The summed E-state index contributed by atoms with van der Waals surface area (Å²) in [5.74, 6) is -0.395. The van der Waals surface area contributed by atoms with E-state index in [1.807, 2.05) is 30.3 Å². The summed E-state index contributed by atoms with van der Waals surface area (Å²) in [6, 6.07) is 9.28. The molecule has 0 saturated heterocycles. The molecule has 22 heavy (non-hydrogen) atoms. The van der Waals surface area contributed by atoms with Gasteiger partial charge in [0.2, 0.25) is 0 Å². The molecular weight excluding hydrogens is 286 g/mol. The normalized spacial score (nSPS) is 20.6. The van der Waals surface area contributed by atoms with Gasteiger partial charge >= 0.3 is 5.97 Å². The molecule has 1 aromatic rings. The number of rotatable bonds is 4. The molecule has 0 aliphatic carbocycles. The Hall–Kier alpha value is -2.68. The molecule has 1 aromatic carbocycles. The standard InChI is InChI=1S/C16H17NO5/c1-19-11-6-4-10(5-7-11)14-8-12(15(18)20-2)13(9-17)16(21-3)22-14/h4-7,12,14H,8H2,1-3H3. The minimum Gasteiger partial charge on any atom is -0.497 e. The highest BCUT2D eigenvalue weighted by atomic mass is 16.7. The molecular formula is C16H17NO5. The SMILES string of the molecule is COC(=O)C1CC(c2ccc(OC)cc2)OC(OC)=C1C#N. The highest BCUT2D eigenvalue weighted by Crippen LogP contribution is 2.38. The monoisotopic (exact) mass is 303 g/mol. The van der Waals surface area contributed by atoms with Crippen LogP contribution in [0.2, 0.25) is 0 Å². The lowest BCUT2D eigenvalue weighted by Gasteiger charge is -2.29. The molecule has 6 nitrogen and oxygen atoms in total. The molecule has 1 heterocycles. The Labute approximate surface area is 128 Å². The smallest absolute Gasteiger partial charge is 0.314 e. The van der Waals surface area contributed by atoms with Gasteiger partial charge < -0.3 is 18.9 Å². The molecule has 1 aliphatic rings. The third-order valence-electron chi connectivity index (χ3n) is 3.55. The molecule has 2 atom stereocenters. The van der Waals surface area contributed by atoms with Crippen molar-refractivity contribution in [1.29, 1.82) is 5.26 Å². The van der Waals surface area contributed by atoms with Crippen LogP contribution in [-0.4, -0.2) is 27.3 Å². The van der Waals surface area contributed by atoms with Crippen molar-refractivity contribution in [3.05, 3.63) is 41.3 Å². The van der Waals surface area contributed by atoms with E-state index in [9.17, 15) is 10.1 Å². The molecule has 0 N–H and O–H groups in total. The summed E-state index contributed by atoms with van der Waals surface area (Å²) in [6.07, 6.45) is -0.0866. The number of carbonyl (C=O) groups is 1. The van der Waals surface area contributed by atoms with Gasteiger partial charge in [0.25, 0.3) is 5.95 Å². The van der Waals surface area contributed by atoms with Gasteiger partial charge in [-0.2, -0.15) is 5.26 Å². The van der Waals surface area contributed by atoms with E-state index in [4.69, 9.17) is 18.9 Å².